The van der Waals surface area contributed by atoms with Gasteiger partial charge in [-0.3, -0.25) is 0 Å². The molecule has 0 radical (unpaired) electrons. The standard InChI is InChI=1S/C17H29NO/c1-5-8-9-16(6-2)18-14(4)15-10-12-17(13-11-15)19-7-3/h10-14,16,18H,5-9H2,1-4H3. The van der Waals surface area contributed by atoms with E-state index >= 15 is 0 Å². The van der Waals surface area contributed by atoms with Gasteiger partial charge in [-0.05, 0) is 44.4 Å². The van der Waals surface area contributed by atoms with Crippen LogP contribution in [0.15, 0.2) is 24.3 Å². The molecule has 2 nitrogen and oxygen atoms in total. The van der Waals surface area contributed by atoms with E-state index in [1.807, 2.05) is 6.92 Å². The molecule has 0 fully saturated rings. The van der Waals surface area contributed by atoms with Crippen LogP contribution in [0, 0.1) is 0 Å². The van der Waals surface area contributed by atoms with E-state index in [0.717, 1.165) is 12.4 Å². The molecule has 1 rings (SSSR count). The molecule has 0 spiro atoms. The zero-order valence-electron chi connectivity index (χ0n) is 12.9. The van der Waals surface area contributed by atoms with Crippen molar-refractivity contribution in [2.24, 2.45) is 0 Å². The summed E-state index contributed by atoms with van der Waals surface area (Å²) in [5.41, 5.74) is 1.33. The van der Waals surface area contributed by atoms with E-state index in [2.05, 4.69) is 50.4 Å². The molecule has 0 amide bonds. The molecular formula is C17H29NO. The van der Waals surface area contributed by atoms with Gasteiger partial charge in [-0.15, -0.1) is 0 Å². The summed E-state index contributed by atoms with van der Waals surface area (Å²) in [4.78, 5) is 0. The van der Waals surface area contributed by atoms with Crippen molar-refractivity contribution in [3.05, 3.63) is 29.8 Å². The Labute approximate surface area is 118 Å². The minimum Gasteiger partial charge on any atom is -0.494 e. The molecule has 1 N–H and O–H groups in total. The first kappa shape index (κ1) is 16.0. The summed E-state index contributed by atoms with van der Waals surface area (Å²) in [5.74, 6) is 0.955. The Morgan fingerprint density at radius 3 is 2.32 bits per heavy atom. The molecule has 0 aliphatic heterocycles. The molecule has 0 bridgehead atoms. The molecule has 2 unspecified atom stereocenters. The van der Waals surface area contributed by atoms with Gasteiger partial charge in [0.15, 0.2) is 0 Å². The fourth-order valence-electron chi connectivity index (χ4n) is 2.33. The molecule has 2 heteroatoms. The third-order valence-corrected chi connectivity index (χ3v) is 3.58. The average molecular weight is 263 g/mol. The van der Waals surface area contributed by atoms with E-state index in [4.69, 9.17) is 4.74 Å². The van der Waals surface area contributed by atoms with Gasteiger partial charge in [-0.25, -0.2) is 0 Å². The van der Waals surface area contributed by atoms with Crippen molar-refractivity contribution >= 4 is 0 Å². The van der Waals surface area contributed by atoms with E-state index in [0.29, 0.717) is 12.1 Å². The maximum absolute atomic E-state index is 5.48. The average Bonchev–Trinajstić information content (AvgIpc) is 2.44. The van der Waals surface area contributed by atoms with Crippen LogP contribution in [0.5, 0.6) is 5.75 Å². The topological polar surface area (TPSA) is 21.3 Å². The second-order valence-corrected chi connectivity index (χ2v) is 5.14. The van der Waals surface area contributed by atoms with E-state index in [-0.39, 0.29) is 0 Å². The highest BCUT2D eigenvalue weighted by Crippen LogP contribution is 2.19. The SMILES string of the molecule is CCCCC(CC)NC(C)c1ccc(OCC)cc1. The number of ether oxygens (including phenoxy) is 1. The maximum atomic E-state index is 5.48. The summed E-state index contributed by atoms with van der Waals surface area (Å²) in [6, 6.07) is 9.47. The van der Waals surface area contributed by atoms with Crippen LogP contribution >= 0.6 is 0 Å². The van der Waals surface area contributed by atoms with Crippen molar-refractivity contribution in [1.82, 2.24) is 5.32 Å². The predicted octanol–water partition coefficient (Wildman–Crippen LogP) is 4.70. The van der Waals surface area contributed by atoms with Crippen LogP contribution in [0.4, 0.5) is 0 Å². The lowest BCUT2D eigenvalue weighted by molar-refractivity contribution is 0.340. The van der Waals surface area contributed by atoms with Gasteiger partial charge in [-0.1, -0.05) is 38.8 Å². The summed E-state index contributed by atoms with van der Waals surface area (Å²) >= 11 is 0. The number of benzene rings is 1. The van der Waals surface area contributed by atoms with Gasteiger partial charge in [0, 0.05) is 12.1 Å². The Morgan fingerprint density at radius 1 is 1.11 bits per heavy atom. The molecule has 0 saturated heterocycles. The van der Waals surface area contributed by atoms with Crippen molar-refractivity contribution in [3.63, 3.8) is 0 Å². The normalized spacial score (nSPS) is 14.1. The van der Waals surface area contributed by atoms with Gasteiger partial charge in [0.05, 0.1) is 6.61 Å². The van der Waals surface area contributed by atoms with Crippen molar-refractivity contribution in [2.45, 2.75) is 65.5 Å². The number of nitrogens with one attached hydrogen (secondary N) is 1. The summed E-state index contributed by atoms with van der Waals surface area (Å²) < 4.78 is 5.48. The van der Waals surface area contributed by atoms with Crippen molar-refractivity contribution in [2.75, 3.05) is 6.61 Å². The molecular weight excluding hydrogens is 234 g/mol. The van der Waals surface area contributed by atoms with Crippen LogP contribution in [-0.2, 0) is 0 Å². The molecule has 2 atom stereocenters. The Kier molecular flexibility index (Phi) is 7.57. The Bertz CT molecular complexity index is 334. The van der Waals surface area contributed by atoms with Gasteiger partial charge in [0.25, 0.3) is 0 Å². The van der Waals surface area contributed by atoms with E-state index in [1.54, 1.807) is 0 Å². The second-order valence-electron chi connectivity index (χ2n) is 5.14. The largest absolute Gasteiger partial charge is 0.494 e. The van der Waals surface area contributed by atoms with Crippen molar-refractivity contribution < 1.29 is 4.74 Å². The van der Waals surface area contributed by atoms with Crippen LogP contribution < -0.4 is 10.1 Å². The molecule has 0 aromatic heterocycles. The van der Waals surface area contributed by atoms with Crippen molar-refractivity contribution in [1.29, 1.82) is 0 Å². The number of unbranched alkanes of at least 4 members (excludes halogenated alkanes) is 1. The maximum Gasteiger partial charge on any atom is 0.119 e. The minimum absolute atomic E-state index is 0.400. The van der Waals surface area contributed by atoms with Crippen LogP contribution in [0.3, 0.4) is 0 Å². The molecule has 0 aliphatic carbocycles. The Morgan fingerprint density at radius 2 is 1.79 bits per heavy atom. The van der Waals surface area contributed by atoms with Crippen LogP contribution in [0.1, 0.15) is 65.0 Å². The van der Waals surface area contributed by atoms with E-state index in [1.165, 1.54) is 31.2 Å². The monoisotopic (exact) mass is 263 g/mol. The Balaban J connectivity index is 2.53. The van der Waals surface area contributed by atoms with Gasteiger partial charge in [0.2, 0.25) is 0 Å². The van der Waals surface area contributed by atoms with Gasteiger partial charge < -0.3 is 10.1 Å². The van der Waals surface area contributed by atoms with Crippen LogP contribution in [-0.4, -0.2) is 12.6 Å². The summed E-state index contributed by atoms with van der Waals surface area (Å²) in [7, 11) is 0. The lowest BCUT2D eigenvalue weighted by Crippen LogP contribution is -2.30. The summed E-state index contributed by atoms with van der Waals surface area (Å²) in [5, 5.41) is 3.73. The second kappa shape index (κ2) is 8.98. The van der Waals surface area contributed by atoms with Crippen LogP contribution in [0.2, 0.25) is 0 Å². The van der Waals surface area contributed by atoms with E-state index in [9.17, 15) is 0 Å². The number of rotatable bonds is 9. The zero-order valence-corrected chi connectivity index (χ0v) is 12.9. The lowest BCUT2D eigenvalue weighted by atomic mass is 10.0. The predicted molar refractivity (Wildman–Crippen MR) is 82.8 cm³/mol. The first-order valence-corrected chi connectivity index (χ1v) is 7.70. The fraction of sp³-hybridized carbons (Fsp3) is 0.647. The highest BCUT2D eigenvalue weighted by Gasteiger charge is 2.11. The highest BCUT2D eigenvalue weighted by molar-refractivity contribution is 5.28. The highest BCUT2D eigenvalue weighted by atomic mass is 16.5. The number of hydrogen-bond donors (Lipinski definition) is 1. The zero-order chi connectivity index (χ0) is 14.1. The molecule has 1 aromatic rings. The third-order valence-electron chi connectivity index (χ3n) is 3.58. The quantitative estimate of drug-likeness (QED) is 0.697. The molecule has 0 aliphatic rings. The molecule has 1 aromatic carbocycles. The molecule has 108 valence electrons. The smallest absolute Gasteiger partial charge is 0.119 e. The fourth-order valence-corrected chi connectivity index (χ4v) is 2.33. The molecule has 0 saturated carbocycles. The van der Waals surface area contributed by atoms with Gasteiger partial charge in [-0.2, -0.15) is 0 Å². The summed E-state index contributed by atoms with van der Waals surface area (Å²) in [6.07, 6.45) is 5.05. The van der Waals surface area contributed by atoms with E-state index < -0.39 is 0 Å². The first-order valence-electron chi connectivity index (χ1n) is 7.70. The van der Waals surface area contributed by atoms with Crippen LogP contribution in [0.25, 0.3) is 0 Å². The number of hydrogen-bond acceptors (Lipinski definition) is 2. The minimum atomic E-state index is 0.400. The van der Waals surface area contributed by atoms with Crippen molar-refractivity contribution in [3.8, 4) is 5.75 Å². The first-order chi connectivity index (χ1) is 9.21. The lowest BCUT2D eigenvalue weighted by Gasteiger charge is -2.22. The van der Waals surface area contributed by atoms with Gasteiger partial charge >= 0.3 is 0 Å². The van der Waals surface area contributed by atoms with Gasteiger partial charge in [0.1, 0.15) is 5.75 Å². The molecule has 19 heavy (non-hydrogen) atoms. The third kappa shape index (κ3) is 5.65. The Hall–Kier alpha value is -1.02. The molecule has 0 heterocycles. The summed E-state index contributed by atoms with van der Waals surface area (Å²) in [6.45, 7) is 9.49.